The Labute approximate surface area is 161 Å². The number of ketones is 1. The van der Waals surface area contributed by atoms with Crippen LogP contribution in [-0.2, 0) is 6.54 Å². The number of nitrogens with zero attached hydrogens (tertiary/aromatic N) is 2. The molecule has 0 saturated carbocycles. The van der Waals surface area contributed by atoms with Gasteiger partial charge in [-0.1, -0.05) is 35.9 Å². The number of ether oxygens (including phenoxy) is 1. The number of carbonyl (C=O) groups excluding carboxylic acids is 1. The van der Waals surface area contributed by atoms with Gasteiger partial charge in [0.05, 0.1) is 13.3 Å². The van der Waals surface area contributed by atoms with Crippen molar-refractivity contribution in [1.29, 1.82) is 0 Å². The van der Waals surface area contributed by atoms with Gasteiger partial charge in [0, 0.05) is 22.2 Å². The molecule has 0 fully saturated rings. The molecule has 0 bridgehead atoms. The van der Waals surface area contributed by atoms with Gasteiger partial charge in [0.15, 0.2) is 12.2 Å². The number of Topliss-reactive ketones (excluding diaryl/α,β-unsaturated/α-hetero) is 1. The van der Waals surface area contributed by atoms with Gasteiger partial charge < -0.3 is 21.7 Å². The maximum Gasteiger partial charge on any atom is 0.287 e. The van der Waals surface area contributed by atoms with Crippen LogP contribution in [0.2, 0.25) is 5.02 Å². The first kappa shape index (κ1) is 19.1. The van der Waals surface area contributed by atoms with Crippen LogP contribution in [0.3, 0.4) is 0 Å². The molecule has 0 N–H and O–H groups in total. The molecule has 0 aliphatic heterocycles. The summed E-state index contributed by atoms with van der Waals surface area (Å²) in [6.45, 7) is 0.218. The molecule has 0 saturated heterocycles. The Morgan fingerprint density at radius 1 is 1.16 bits per heavy atom. The fourth-order valence-corrected chi connectivity index (χ4v) is 2.54. The monoisotopic (exact) mass is 418 g/mol. The molecule has 25 heavy (non-hydrogen) atoms. The van der Waals surface area contributed by atoms with Gasteiger partial charge in [-0.25, -0.2) is 4.57 Å². The van der Waals surface area contributed by atoms with Crippen LogP contribution in [0.4, 0.5) is 0 Å². The number of hydrogen-bond donors (Lipinski definition) is 0. The number of hydrogen-bond acceptors (Lipinski definition) is 3. The van der Waals surface area contributed by atoms with E-state index < -0.39 is 0 Å². The van der Waals surface area contributed by atoms with E-state index >= 15 is 0 Å². The van der Waals surface area contributed by atoms with E-state index in [2.05, 4.69) is 4.98 Å². The Bertz CT molecular complexity index is 869. The van der Waals surface area contributed by atoms with Crippen molar-refractivity contribution in [3.05, 3.63) is 77.7 Å². The minimum absolute atomic E-state index is 0. The van der Waals surface area contributed by atoms with Crippen molar-refractivity contribution in [2.45, 2.75) is 6.54 Å². The molecule has 3 rings (SSSR count). The zero-order valence-electron chi connectivity index (χ0n) is 13.5. The normalized spacial score (nSPS) is 10.0. The van der Waals surface area contributed by atoms with Gasteiger partial charge in [-0.05, 0) is 29.2 Å². The van der Waals surface area contributed by atoms with E-state index in [1.807, 2.05) is 42.6 Å². The molecular weight excluding hydrogens is 404 g/mol. The molecule has 1 aromatic heterocycles. The Kier molecular flexibility index (Phi) is 6.67. The summed E-state index contributed by atoms with van der Waals surface area (Å²) in [5.41, 5.74) is 2.36. The highest BCUT2D eigenvalue weighted by Crippen LogP contribution is 2.19. The summed E-state index contributed by atoms with van der Waals surface area (Å²) in [4.78, 5) is 16.8. The van der Waals surface area contributed by atoms with E-state index in [4.69, 9.17) is 16.3 Å². The maximum absolute atomic E-state index is 12.4. The average Bonchev–Trinajstić information content (AvgIpc) is 2.62. The molecular formula is C19H16BrClN2O2. The predicted octanol–water partition coefficient (Wildman–Crippen LogP) is 0.585. The van der Waals surface area contributed by atoms with Gasteiger partial charge >= 0.3 is 0 Å². The molecule has 0 atom stereocenters. The van der Waals surface area contributed by atoms with Gasteiger partial charge in [-0.3, -0.25) is 4.79 Å². The van der Waals surface area contributed by atoms with Crippen LogP contribution in [0.25, 0.3) is 11.3 Å². The van der Waals surface area contributed by atoms with Crippen LogP contribution in [0, 0.1) is 0 Å². The number of rotatable bonds is 5. The average molecular weight is 420 g/mol. The highest BCUT2D eigenvalue weighted by Gasteiger charge is 2.12. The number of benzene rings is 2. The number of carbonyl (C=O) groups is 1. The van der Waals surface area contributed by atoms with Gasteiger partial charge in [-0.2, -0.15) is 0 Å². The summed E-state index contributed by atoms with van der Waals surface area (Å²) in [7, 11) is 1.58. The van der Waals surface area contributed by atoms with Crippen molar-refractivity contribution in [2.24, 2.45) is 0 Å². The fraction of sp³-hybridized carbons (Fsp3) is 0.105. The Morgan fingerprint density at radius 2 is 1.96 bits per heavy atom. The van der Waals surface area contributed by atoms with Crippen molar-refractivity contribution >= 4 is 17.4 Å². The molecule has 6 heteroatoms. The molecule has 3 aromatic rings. The number of halogens is 2. The molecule has 0 radical (unpaired) electrons. The second-order valence-electron chi connectivity index (χ2n) is 5.28. The Balaban J connectivity index is 0.00000225. The summed E-state index contributed by atoms with van der Waals surface area (Å²) in [6, 6.07) is 16.5. The molecule has 2 aromatic carbocycles. The van der Waals surface area contributed by atoms with E-state index in [0.717, 1.165) is 11.3 Å². The molecule has 128 valence electrons. The quantitative estimate of drug-likeness (QED) is 0.449. The first-order valence-electron chi connectivity index (χ1n) is 7.44. The third kappa shape index (κ3) is 4.87. The summed E-state index contributed by atoms with van der Waals surface area (Å²) in [5.74, 6) is 0.663. The Morgan fingerprint density at radius 3 is 2.64 bits per heavy atom. The first-order valence-corrected chi connectivity index (χ1v) is 7.82. The first-order chi connectivity index (χ1) is 11.7. The minimum Gasteiger partial charge on any atom is -1.00 e. The third-order valence-electron chi connectivity index (χ3n) is 3.61. The van der Waals surface area contributed by atoms with E-state index in [9.17, 15) is 4.79 Å². The van der Waals surface area contributed by atoms with Crippen molar-refractivity contribution in [2.75, 3.05) is 7.11 Å². The van der Waals surface area contributed by atoms with E-state index in [-0.39, 0.29) is 29.3 Å². The lowest BCUT2D eigenvalue weighted by Crippen LogP contribution is -3.00. The summed E-state index contributed by atoms with van der Waals surface area (Å²) in [5, 5.41) is 0.666. The van der Waals surface area contributed by atoms with Gasteiger partial charge in [0.2, 0.25) is 5.78 Å². The van der Waals surface area contributed by atoms with Crippen molar-refractivity contribution in [3.63, 3.8) is 0 Å². The number of methoxy groups -OCH3 is 1. The van der Waals surface area contributed by atoms with Gasteiger partial charge in [0.1, 0.15) is 5.75 Å². The Hall–Kier alpha value is -2.24. The zero-order valence-corrected chi connectivity index (χ0v) is 15.9. The van der Waals surface area contributed by atoms with E-state index in [1.54, 1.807) is 36.2 Å². The van der Waals surface area contributed by atoms with Crippen LogP contribution in [0.1, 0.15) is 10.4 Å². The van der Waals surface area contributed by atoms with Gasteiger partial charge in [0.25, 0.3) is 6.33 Å². The molecule has 0 aliphatic rings. The predicted molar refractivity (Wildman–Crippen MR) is 92.2 cm³/mol. The van der Waals surface area contributed by atoms with Crippen LogP contribution in [-0.4, -0.2) is 17.9 Å². The maximum atomic E-state index is 12.4. The summed E-state index contributed by atoms with van der Waals surface area (Å²) < 4.78 is 6.89. The fourth-order valence-electron chi connectivity index (χ4n) is 2.35. The van der Waals surface area contributed by atoms with Crippen molar-refractivity contribution in [1.82, 2.24) is 4.98 Å². The van der Waals surface area contributed by atoms with Crippen LogP contribution in [0.5, 0.6) is 5.75 Å². The van der Waals surface area contributed by atoms with E-state index in [1.165, 1.54) is 0 Å². The molecule has 0 amide bonds. The third-order valence-corrected chi connectivity index (χ3v) is 3.84. The second-order valence-corrected chi connectivity index (χ2v) is 5.72. The highest BCUT2D eigenvalue weighted by atomic mass is 79.9. The molecule has 0 aliphatic carbocycles. The smallest absolute Gasteiger partial charge is 0.287 e. The standard InChI is InChI=1S/C19H16ClN2O2.BrH/c1-24-17-7-3-5-15(11-17)19(23)12-22-9-8-18(21-13-22)14-4-2-6-16(20)10-14;/h2-11,13H,12H2,1H3;1H/q+1;/p-1. The summed E-state index contributed by atoms with van der Waals surface area (Å²) >= 11 is 6.00. The second kappa shape index (κ2) is 8.74. The molecule has 4 nitrogen and oxygen atoms in total. The summed E-state index contributed by atoms with van der Waals surface area (Å²) in [6.07, 6.45) is 3.48. The van der Waals surface area contributed by atoms with Crippen molar-refractivity contribution in [3.8, 4) is 17.0 Å². The highest BCUT2D eigenvalue weighted by molar-refractivity contribution is 6.30. The molecule has 0 unspecified atom stereocenters. The lowest BCUT2D eigenvalue weighted by Gasteiger charge is -2.03. The van der Waals surface area contributed by atoms with Gasteiger partial charge in [-0.15, -0.1) is 0 Å². The van der Waals surface area contributed by atoms with E-state index in [0.29, 0.717) is 16.3 Å². The molecule has 1 heterocycles. The zero-order chi connectivity index (χ0) is 16.9. The van der Waals surface area contributed by atoms with Crippen molar-refractivity contribution < 1.29 is 31.1 Å². The lowest BCUT2D eigenvalue weighted by molar-refractivity contribution is -0.686. The lowest BCUT2D eigenvalue weighted by atomic mass is 10.1. The SMILES string of the molecule is COc1cccc(C(=O)C[n+]2ccc(-c3cccc(Cl)c3)nc2)c1.[Br-]. The largest absolute Gasteiger partial charge is 1.00 e. The number of aromatic nitrogens is 2. The molecule has 0 spiro atoms. The minimum atomic E-state index is -0.00351. The topological polar surface area (TPSA) is 43.1 Å². The van der Waals surface area contributed by atoms with Crippen LogP contribution >= 0.6 is 11.6 Å². The van der Waals surface area contributed by atoms with Crippen LogP contribution in [0.15, 0.2) is 67.1 Å². The van der Waals surface area contributed by atoms with Crippen LogP contribution < -0.4 is 26.3 Å².